The zero-order valence-corrected chi connectivity index (χ0v) is 26.4. The smallest absolute Gasteiger partial charge is 0.164 e. The number of fused-ring (bicyclic) bond motifs is 2. The predicted octanol–water partition coefficient (Wildman–Crippen LogP) is 6.53. The second-order valence-electron chi connectivity index (χ2n) is 12.1. The molecule has 234 valence electrons. The van der Waals surface area contributed by atoms with Crippen LogP contribution in [0, 0.1) is 5.92 Å². The molecule has 3 unspecified atom stereocenters. The van der Waals surface area contributed by atoms with Gasteiger partial charge in [0.15, 0.2) is 5.79 Å². The van der Waals surface area contributed by atoms with Gasteiger partial charge < -0.3 is 33.5 Å². The van der Waals surface area contributed by atoms with Crippen LogP contribution in [0.15, 0.2) is 102 Å². The quantitative estimate of drug-likeness (QED) is 0.230. The van der Waals surface area contributed by atoms with Gasteiger partial charge in [0.2, 0.25) is 0 Å². The van der Waals surface area contributed by atoms with Crippen molar-refractivity contribution in [1.29, 1.82) is 0 Å². The first-order valence-corrected chi connectivity index (χ1v) is 16.2. The Morgan fingerprint density at radius 2 is 1.55 bits per heavy atom. The summed E-state index contributed by atoms with van der Waals surface area (Å²) >= 11 is 1.60. The highest BCUT2D eigenvalue weighted by Crippen LogP contribution is 2.58. The van der Waals surface area contributed by atoms with Gasteiger partial charge in [0.1, 0.15) is 35.1 Å². The number of aliphatic hydroxyl groups excluding tert-OH is 1. The Balaban J connectivity index is 1.45. The van der Waals surface area contributed by atoms with Gasteiger partial charge in [-0.2, -0.15) is 0 Å². The van der Waals surface area contributed by atoms with Gasteiger partial charge in [0.05, 0.1) is 32.5 Å². The number of thioether (sulfide) groups is 1. The average molecular weight is 619 g/mol. The fraction of sp³-hybridized carbons (Fsp3) is 0.444. The van der Waals surface area contributed by atoms with Crippen molar-refractivity contribution in [3.63, 3.8) is 0 Å². The Labute approximate surface area is 264 Å². The third-order valence-corrected chi connectivity index (χ3v) is 10.00. The molecule has 0 aromatic heterocycles. The number of hydrogen-bond acceptors (Lipinski definition) is 8. The molecule has 6 rings (SSSR count). The third-order valence-electron chi connectivity index (χ3n) is 8.76. The molecule has 2 saturated heterocycles. The number of allylic oxidation sites excluding steroid dienone is 1. The van der Waals surface area contributed by atoms with Crippen LogP contribution < -0.4 is 4.74 Å². The number of benzene rings is 3. The molecule has 0 amide bonds. The van der Waals surface area contributed by atoms with Gasteiger partial charge in [-0.15, -0.1) is 6.58 Å². The topological polar surface area (TPSA) is 75.6 Å². The fourth-order valence-corrected chi connectivity index (χ4v) is 8.12. The van der Waals surface area contributed by atoms with Crippen molar-refractivity contribution < 1.29 is 33.5 Å². The van der Waals surface area contributed by atoms with Crippen LogP contribution in [0.4, 0.5) is 0 Å². The molecular formula is C36H42O7S. The van der Waals surface area contributed by atoms with Crippen molar-refractivity contribution in [1.82, 2.24) is 0 Å². The van der Waals surface area contributed by atoms with Gasteiger partial charge in [0.25, 0.3) is 0 Å². The number of hydrogen-bond donors (Lipinski definition) is 1. The van der Waals surface area contributed by atoms with E-state index in [0.717, 1.165) is 28.2 Å². The van der Waals surface area contributed by atoms with E-state index in [-0.39, 0.29) is 6.10 Å². The molecule has 7 nitrogen and oxygen atoms in total. The summed E-state index contributed by atoms with van der Waals surface area (Å²) in [5.74, 6) is -0.580. The predicted molar refractivity (Wildman–Crippen MR) is 169 cm³/mol. The molecular weight excluding hydrogens is 576 g/mol. The highest BCUT2D eigenvalue weighted by atomic mass is 32.2. The van der Waals surface area contributed by atoms with Crippen LogP contribution in [0.2, 0.25) is 0 Å². The minimum absolute atomic E-state index is 0.307. The Morgan fingerprint density at radius 1 is 0.886 bits per heavy atom. The first-order chi connectivity index (χ1) is 21.3. The van der Waals surface area contributed by atoms with E-state index in [1.807, 2.05) is 92.7 Å². The number of aliphatic hydroxyl groups is 1. The first kappa shape index (κ1) is 31.3. The van der Waals surface area contributed by atoms with E-state index in [1.54, 1.807) is 18.9 Å². The summed E-state index contributed by atoms with van der Waals surface area (Å²) in [6.45, 7) is 8.34. The summed E-state index contributed by atoms with van der Waals surface area (Å²) in [6, 6.07) is 28.1. The van der Waals surface area contributed by atoms with Crippen molar-refractivity contribution in [2.45, 2.75) is 92.1 Å². The Bertz CT molecular complexity index is 1370. The van der Waals surface area contributed by atoms with E-state index in [4.69, 9.17) is 28.4 Å². The first-order valence-electron chi connectivity index (χ1n) is 15.3. The summed E-state index contributed by atoms with van der Waals surface area (Å²) in [4.78, 5) is 1.04. The van der Waals surface area contributed by atoms with Crippen LogP contribution >= 0.6 is 11.8 Å². The normalized spacial score (nSPS) is 32.1. The average Bonchev–Trinajstić information content (AvgIpc) is 3.54. The molecule has 3 fully saturated rings. The summed E-state index contributed by atoms with van der Waals surface area (Å²) in [7, 11) is 1.65. The fourth-order valence-electron chi connectivity index (χ4n) is 6.82. The molecule has 0 bridgehead atoms. The summed E-state index contributed by atoms with van der Waals surface area (Å²) < 4.78 is 39.3. The SMILES string of the molecule is C=CCC[C@H]1O[C@@H](Sc2ccccc2)C2(OCc3ccccc3)C(OCc3ccc(OC)cc3)C3OC(C)(C)O[C@H]3[C@H](O)[C@H]12. The monoisotopic (exact) mass is 618 g/mol. The molecule has 2 heterocycles. The number of ether oxygens (including phenoxy) is 6. The maximum atomic E-state index is 12.2. The van der Waals surface area contributed by atoms with Gasteiger partial charge in [-0.1, -0.05) is 78.5 Å². The van der Waals surface area contributed by atoms with Gasteiger partial charge in [-0.3, -0.25) is 0 Å². The molecule has 1 aliphatic carbocycles. The molecule has 3 aromatic carbocycles. The second-order valence-corrected chi connectivity index (χ2v) is 13.2. The van der Waals surface area contributed by atoms with Gasteiger partial charge >= 0.3 is 0 Å². The van der Waals surface area contributed by atoms with E-state index in [2.05, 4.69) is 18.7 Å². The van der Waals surface area contributed by atoms with Crippen LogP contribution in [0.3, 0.4) is 0 Å². The van der Waals surface area contributed by atoms with Crippen molar-refractivity contribution in [2.24, 2.45) is 5.92 Å². The van der Waals surface area contributed by atoms with E-state index in [1.165, 1.54) is 0 Å². The van der Waals surface area contributed by atoms with Crippen LogP contribution in [0.5, 0.6) is 5.75 Å². The minimum atomic E-state index is -1.08. The lowest BCUT2D eigenvalue weighted by Gasteiger charge is -2.52. The van der Waals surface area contributed by atoms with Crippen molar-refractivity contribution in [3.05, 3.63) is 109 Å². The van der Waals surface area contributed by atoms with Crippen LogP contribution in [-0.4, -0.2) is 59.6 Å². The van der Waals surface area contributed by atoms with E-state index in [0.29, 0.717) is 19.6 Å². The van der Waals surface area contributed by atoms with Crippen LogP contribution in [0.25, 0.3) is 0 Å². The minimum Gasteiger partial charge on any atom is -0.497 e. The molecule has 8 heteroatoms. The molecule has 0 spiro atoms. The lowest BCUT2D eigenvalue weighted by molar-refractivity contribution is -0.255. The van der Waals surface area contributed by atoms with E-state index < -0.39 is 47.2 Å². The van der Waals surface area contributed by atoms with E-state index in [9.17, 15) is 5.11 Å². The highest BCUT2D eigenvalue weighted by Gasteiger charge is 2.73. The summed E-state index contributed by atoms with van der Waals surface area (Å²) in [6.07, 6.45) is 0.255. The van der Waals surface area contributed by atoms with Crippen molar-refractivity contribution in [2.75, 3.05) is 7.11 Å². The molecule has 3 aromatic rings. The lowest BCUT2D eigenvalue weighted by atomic mass is 9.67. The van der Waals surface area contributed by atoms with Crippen LogP contribution in [0.1, 0.15) is 37.8 Å². The van der Waals surface area contributed by atoms with E-state index >= 15 is 0 Å². The third kappa shape index (κ3) is 6.22. The summed E-state index contributed by atoms with van der Waals surface area (Å²) in [5, 5.41) is 12.2. The van der Waals surface area contributed by atoms with Crippen molar-refractivity contribution in [3.8, 4) is 5.75 Å². The Hall–Kier alpha value is -2.69. The molecule has 44 heavy (non-hydrogen) atoms. The standard InChI is InChI=1S/C36H42O7S/c1-5-6-17-28-29-30(37)31-32(43-35(2,3)42-31)33(39-22-25-18-20-26(38-4)21-19-25)36(29,40-23-24-13-9-7-10-14-24)34(41-28)44-27-15-11-8-12-16-27/h5,7-16,18-21,28-34,37H,1,6,17,22-23H2,2-4H3/t28-,29+,30-,31+,32?,33?,34+,36?/m1/s1. The van der Waals surface area contributed by atoms with Gasteiger partial charge in [0, 0.05) is 10.8 Å². The Morgan fingerprint density at radius 3 is 2.23 bits per heavy atom. The molecule has 1 saturated carbocycles. The summed E-state index contributed by atoms with van der Waals surface area (Å²) in [5.41, 5.74) is 0.417. The van der Waals surface area contributed by atoms with Gasteiger partial charge in [-0.25, -0.2) is 0 Å². The molecule has 1 N–H and O–H groups in total. The number of rotatable bonds is 12. The maximum Gasteiger partial charge on any atom is 0.164 e. The maximum absolute atomic E-state index is 12.2. The lowest BCUT2D eigenvalue weighted by Crippen LogP contribution is -2.70. The molecule has 3 aliphatic rings. The molecule has 0 radical (unpaired) electrons. The van der Waals surface area contributed by atoms with Crippen LogP contribution in [-0.2, 0) is 36.9 Å². The van der Waals surface area contributed by atoms with Crippen molar-refractivity contribution >= 4 is 11.8 Å². The highest BCUT2D eigenvalue weighted by molar-refractivity contribution is 7.99. The molecule has 8 atom stereocenters. The largest absolute Gasteiger partial charge is 0.497 e. The van der Waals surface area contributed by atoms with Gasteiger partial charge in [-0.05, 0) is 62.1 Å². The molecule has 2 aliphatic heterocycles. The second kappa shape index (κ2) is 13.3. The number of methoxy groups -OCH3 is 1. The zero-order chi connectivity index (χ0) is 30.7. The Kier molecular flexibility index (Phi) is 9.50. The zero-order valence-electron chi connectivity index (χ0n) is 25.5.